The fourth-order valence-corrected chi connectivity index (χ4v) is 1.67. The van der Waals surface area contributed by atoms with E-state index in [4.69, 9.17) is 0 Å². The van der Waals surface area contributed by atoms with E-state index in [1.54, 1.807) is 11.9 Å². The number of H-pyrrole nitrogens is 1. The fraction of sp³-hybridized carbons (Fsp3) is 0.444. The molecule has 5 nitrogen and oxygen atoms in total. The molecule has 5 heteroatoms. The number of aromatic amines is 1. The van der Waals surface area contributed by atoms with Crippen LogP contribution >= 0.6 is 0 Å². The molecule has 14 heavy (non-hydrogen) atoms. The van der Waals surface area contributed by atoms with Crippen molar-refractivity contribution in [3.8, 4) is 0 Å². The second-order valence-electron chi connectivity index (χ2n) is 3.51. The van der Waals surface area contributed by atoms with Crippen LogP contribution < -0.4 is 5.56 Å². The Morgan fingerprint density at radius 3 is 2.93 bits per heavy atom. The molecule has 0 radical (unpaired) electrons. The second kappa shape index (κ2) is 3.25. The molecule has 0 spiro atoms. The first-order valence-electron chi connectivity index (χ1n) is 4.45. The van der Waals surface area contributed by atoms with Crippen LogP contribution in [0.15, 0.2) is 17.2 Å². The van der Waals surface area contributed by atoms with E-state index < -0.39 is 0 Å². The molecule has 1 aliphatic heterocycles. The van der Waals surface area contributed by atoms with E-state index in [1.807, 2.05) is 0 Å². The lowest BCUT2D eigenvalue weighted by Gasteiger charge is -2.08. The van der Waals surface area contributed by atoms with Gasteiger partial charge < -0.3 is 9.88 Å². The number of likely N-dealkylation sites (N-methyl/N-ethyl adjacent to an activating group) is 1. The van der Waals surface area contributed by atoms with Crippen LogP contribution in [0.25, 0.3) is 0 Å². The standard InChI is InChI=1S/C9H11N3O2/c1-12-4-6(2-9(12)14)7-3-8(13)11-5-10-7/h3,5-6H,2,4H2,1H3,(H,10,11,13)/t6-/m1/s1. The Labute approximate surface area is 80.8 Å². The fourth-order valence-electron chi connectivity index (χ4n) is 1.67. The van der Waals surface area contributed by atoms with Crippen molar-refractivity contribution < 1.29 is 4.79 Å². The van der Waals surface area contributed by atoms with Crippen molar-refractivity contribution in [1.82, 2.24) is 14.9 Å². The van der Waals surface area contributed by atoms with Crippen molar-refractivity contribution in [2.24, 2.45) is 0 Å². The number of aromatic nitrogens is 2. The van der Waals surface area contributed by atoms with Crippen LogP contribution in [0.4, 0.5) is 0 Å². The van der Waals surface area contributed by atoms with Crippen molar-refractivity contribution in [2.75, 3.05) is 13.6 Å². The predicted molar refractivity (Wildman–Crippen MR) is 49.9 cm³/mol. The first kappa shape index (κ1) is 8.93. The molecule has 0 aromatic carbocycles. The molecule has 1 aliphatic rings. The van der Waals surface area contributed by atoms with Gasteiger partial charge in [-0.1, -0.05) is 0 Å². The number of carbonyl (C=O) groups excluding carboxylic acids is 1. The predicted octanol–water partition coefficient (Wildman–Crippen LogP) is -0.284. The molecule has 1 N–H and O–H groups in total. The highest BCUT2D eigenvalue weighted by molar-refractivity contribution is 5.79. The maximum Gasteiger partial charge on any atom is 0.250 e. The van der Waals surface area contributed by atoms with Gasteiger partial charge in [0.25, 0.3) is 5.56 Å². The molecule has 1 fully saturated rings. The van der Waals surface area contributed by atoms with Gasteiger partial charge in [0.1, 0.15) is 0 Å². The summed E-state index contributed by atoms with van der Waals surface area (Å²) in [5.41, 5.74) is 0.531. The zero-order chi connectivity index (χ0) is 10.1. The molecule has 1 aromatic heterocycles. The van der Waals surface area contributed by atoms with Crippen molar-refractivity contribution in [3.05, 3.63) is 28.4 Å². The van der Waals surface area contributed by atoms with Gasteiger partial charge >= 0.3 is 0 Å². The smallest absolute Gasteiger partial charge is 0.250 e. The van der Waals surface area contributed by atoms with Gasteiger partial charge in [-0.05, 0) is 0 Å². The van der Waals surface area contributed by atoms with Gasteiger partial charge in [-0.2, -0.15) is 0 Å². The maximum absolute atomic E-state index is 11.3. The number of hydrogen-bond donors (Lipinski definition) is 1. The summed E-state index contributed by atoms with van der Waals surface area (Å²) in [6.07, 6.45) is 1.83. The zero-order valence-electron chi connectivity index (χ0n) is 7.86. The van der Waals surface area contributed by atoms with Crippen molar-refractivity contribution in [1.29, 1.82) is 0 Å². The summed E-state index contributed by atoms with van der Waals surface area (Å²) < 4.78 is 0. The second-order valence-corrected chi connectivity index (χ2v) is 3.51. The first-order valence-corrected chi connectivity index (χ1v) is 4.45. The molecule has 74 valence electrons. The quantitative estimate of drug-likeness (QED) is 0.666. The summed E-state index contributed by atoms with van der Waals surface area (Å²) in [5.74, 6) is 0.173. The highest BCUT2D eigenvalue weighted by Crippen LogP contribution is 2.24. The topological polar surface area (TPSA) is 66.1 Å². The molecule has 2 heterocycles. The van der Waals surface area contributed by atoms with Crippen molar-refractivity contribution >= 4 is 5.91 Å². The monoisotopic (exact) mass is 193 g/mol. The highest BCUT2D eigenvalue weighted by atomic mass is 16.2. The van der Waals surface area contributed by atoms with Gasteiger partial charge in [-0.3, -0.25) is 9.59 Å². The average molecular weight is 193 g/mol. The van der Waals surface area contributed by atoms with Gasteiger partial charge in [-0.15, -0.1) is 0 Å². The molecule has 0 saturated carbocycles. The molecule has 0 aliphatic carbocycles. The van der Waals surface area contributed by atoms with E-state index >= 15 is 0 Å². The third-order valence-corrected chi connectivity index (χ3v) is 2.46. The SMILES string of the molecule is CN1C[C@H](c2cc(=O)[nH]cn2)CC1=O. The number of amides is 1. The Morgan fingerprint density at radius 2 is 2.36 bits per heavy atom. The van der Waals surface area contributed by atoms with Crippen molar-refractivity contribution in [3.63, 3.8) is 0 Å². The lowest BCUT2D eigenvalue weighted by atomic mass is 10.0. The van der Waals surface area contributed by atoms with Crippen LogP contribution in [-0.2, 0) is 4.79 Å². The van der Waals surface area contributed by atoms with Crippen LogP contribution in [0, 0.1) is 0 Å². The number of carbonyl (C=O) groups is 1. The van der Waals surface area contributed by atoms with E-state index in [-0.39, 0.29) is 17.4 Å². The number of rotatable bonds is 1. The van der Waals surface area contributed by atoms with Crippen LogP contribution in [-0.4, -0.2) is 34.4 Å². The summed E-state index contributed by atoms with van der Waals surface area (Å²) in [6.45, 7) is 0.648. The number of nitrogens with one attached hydrogen (secondary N) is 1. The normalized spacial score (nSPS) is 21.6. The highest BCUT2D eigenvalue weighted by Gasteiger charge is 2.28. The number of nitrogens with zero attached hydrogens (tertiary/aromatic N) is 2. The van der Waals surface area contributed by atoms with Gasteiger partial charge in [0, 0.05) is 32.0 Å². The Morgan fingerprint density at radius 1 is 1.57 bits per heavy atom. The van der Waals surface area contributed by atoms with Crippen molar-refractivity contribution in [2.45, 2.75) is 12.3 Å². The van der Waals surface area contributed by atoms with Crippen LogP contribution in [0.5, 0.6) is 0 Å². The van der Waals surface area contributed by atoms with Gasteiger partial charge in [0.15, 0.2) is 0 Å². The molecule has 0 bridgehead atoms. The molecule has 1 atom stereocenters. The summed E-state index contributed by atoms with van der Waals surface area (Å²) in [7, 11) is 1.76. The minimum Gasteiger partial charge on any atom is -0.345 e. The third kappa shape index (κ3) is 1.53. The molecule has 1 aromatic rings. The van der Waals surface area contributed by atoms with E-state index in [9.17, 15) is 9.59 Å². The van der Waals surface area contributed by atoms with Gasteiger partial charge in [0.05, 0.1) is 12.0 Å². The lowest BCUT2D eigenvalue weighted by Crippen LogP contribution is -2.19. The molecular formula is C9H11N3O2. The zero-order valence-corrected chi connectivity index (χ0v) is 7.86. The van der Waals surface area contributed by atoms with E-state index in [1.165, 1.54) is 12.4 Å². The van der Waals surface area contributed by atoms with E-state index in [0.29, 0.717) is 18.7 Å². The summed E-state index contributed by atoms with van der Waals surface area (Å²) in [4.78, 5) is 30.4. The lowest BCUT2D eigenvalue weighted by molar-refractivity contribution is -0.126. The number of hydrogen-bond acceptors (Lipinski definition) is 3. The Bertz CT molecular complexity index is 413. The molecule has 0 unspecified atom stereocenters. The van der Waals surface area contributed by atoms with E-state index in [2.05, 4.69) is 9.97 Å². The van der Waals surface area contributed by atoms with Gasteiger partial charge in [0.2, 0.25) is 5.91 Å². The largest absolute Gasteiger partial charge is 0.345 e. The molecule has 1 amide bonds. The maximum atomic E-state index is 11.3. The van der Waals surface area contributed by atoms with Crippen LogP contribution in [0.2, 0.25) is 0 Å². The van der Waals surface area contributed by atoms with Crippen LogP contribution in [0.1, 0.15) is 18.0 Å². The minimum atomic E-state index is -0.169. The minimum absolute atomic E-state index is 0.0646. The Kier molecular flexibility index (Phi) is 2.07. The summed E-state index contributed by atoms with van der Waals surface area (Å²) in [5, 5.41) is 0. The molecular weight excluding hydrogens is 182 g/mol. The first-order chi connectivity index (χ1) is 6.66. The van der Waals surface area contributed by atoms with Gasteiger partial charge in [-0.25, -0.2) is 4.98 Å². The van der Waals surface area contributed by atoms with E-state index in [0.717, 1.165) is 0 Å². The van der Waals surface area contributed by atoms with Crippen LogP contribution in [0.3, 0.4) is 0 Å². The Balaban J connectivity index is 2.25. The number of likely N-dealkylation sites (tertiary alicyclic amines) is 1. The molecule has 2 rings (SSSR count). The third-order valence-electron chi connectivity index (χ3n) is 2.46. The summed E-state index contributed by atoms with van der Waals surface area (Å²) >= 11 is 0. The Hall–Kier alpha value is -1.65. The molecule has 1 saturated heterocycles. The average Bonchev–Trinajstić information content (AvgIpc) is 2.47. The summed E-state index contributed by atoms with van der Waals surface area (Å²) in [6, 6.07) is 1.46.